The summed E-state index contributed by atoms with van der Waals surface area (Å²) < 4.78 is 2.56. The Morgan fingerprint density at radius 2 is 0.549 bits per heavy atom. The van der Waals surface area contributed by atoms with Crippen molar-refractivity contribution < 1.29 is 0 Å². The molecule has 0 bridgehead atoms. The van der Waals surface area contributed by atoms with Gasteiger partial charge in [-0.25, -0.2) is 0 Å². The summed E-state index contributed by atoms with van der Waals surface area (Å²) in [7, 11) is 0. The lowest BCUT2D eigenvalue weighted by atomic mass is 9.30. The normalized spacial score (nSPS) is 14.6. The van der Waals surface area contributed by atoms with Gasteiger partial charge in [-0.15, -0.1) is 0 Å². The van der Waals surface area contributed by atoms with E-state index in [2.05, 4.69) is 458 Å². The number of benzene rings is 15. The molecule has 6 aliphatic rings. The molecule has 5 nitrogen and oxygen atoms in total. The van der Waals surface area contributed by atoms with Crippen LogP contribution in [-0.2, 0) is 37.9 Å². The van der Waals surface area contributed by atoms with Crippen molar-refractivity contribution >= 4 is 136 Å². The highest BCUT2D eigenvalue weighted by Crippen LogP contribution is 2.65. The van der Waals surface area contributed by atoms with Crippen LogP contribution in [-0.4, -0.2) is 18.0 Å². The lowest BCUT2D eigenvalue weighted by Crippen LogP contribution is -2.65. The SMILES string of the molecule is CC(C)(C)c1cccc(N2c3cc4c(cc3B3c5ccccc5N(c5cc(C(C)(C)C)cc(C(C)(C)C)c5)c5cc(-c6cccc7c6C6(c8ccccc8-c8ccccc86)c6ccccc6-7)cc2c53)B2c3ccccc3N(c3cc(C(C)(C)C)cc(C(C)(C)C)c3)c3cc(-n5c6ccccc6c6ccccc65)cc(c32)N4c2cccc(C(C)(C)C)c2)c1. The Kier molecular flexibility index (Phi) is 16.3. The van der Waals surface area contributed by atoms with E-state index < -0.39 is 5.41 Å². The highest BCUT2D eigenvalue weighted by molar-refractivity contribution is 7.03. The molecule has 0 unspecified atom stereocenters. The Morgan fingerprint density at radius 3 is 0.967 bits per heavy atom. The van der Waals surface area contributed by atoms with Gasteiger partial charge in [0.25, 0.3) is 13.4 Å². The van der Waals surface area contributed by atoms with E-state index >= 15 is 0 Å². The number of fused-ring (bicyclic) bond motifs is 21. The van der Waals surface area contributed by atoms with Crippen LogP contribution in [0.5, 0.6) is 0 Å². The van der Waals surface area contributed by atoms with Gasteiger partial charge in [0, 0.05) is 79.0 Å². The quantitative estimate of drug-likeness (QED) is 0.154. The number of nitrogens with zero attached hydrogens (tertiary/aromatic N) is 5. The van der Waals surface area contributed by atoms with Crippen molar-refractivity contribution in [3.05, 3.63) is 365 Å². The number of aromatic nitrogens is 1. The molecule has 596 valence electrons. The molecule has 0 saturated heterocycles. The van der Waals surface area contributed by atoms with E-state index in [0.29, 0.717) is 0 Å². The minimum atomic E-state index is -0.626. The van der Waals surface area contributed by atoms with Crippen LogP contribution in [0.1, 0.15) is 180 Å². The minimum absolute atomic E-state index is 0.153. The zero-order chi connectivity index (χ0) is 84.1. The lowest BCUT2D eigenvalue weighted by Gasteiger charge is -2.48. The largest absolute Gasteiger partial charge is 0.311 e. The van der Waals surface area contributed by atoms with Crippen LogP contribution in [0.3, 0.4) is 0 Å². The van der Waals surface area contributed by atoms with Crippen LogP contribution < -0.4 is 52.4 Å². The molecular formula is C115H105B2N5. The monoisotopic (exact) mass is 1580 g/mol. The molecule has 0 radical (unpaired) electrons. The van der Waals surface area contributed by atoms with Gasteiger partial charge < -0.3 is 24.2 Å². The first-order valence-corrected chi connectivity index (χ1v) is 44.2. The van der Waals surface area contributed by atoms with Crippen molar-refractivity contribution in [3.8, 4) is 39.1 Å². The summed E-state index contributed by atoms with van der Waals surface area (Å²) in [6, 6.07) is 122. The molecule has 5 heterocycles. The third kappa shape index (κ3) is 11.1. The van der Waals surface area contributed by atoms with E-state index in [1.165, 1.54) is 166 Å². The second-order valence-electron chi connectivity index (χ2n) is 41.7. The van der Waals surface area contributed by atoms with Crippen molar-refractivity contribution in [1.29, 1.82) is 0 Å². The van der Waals surface area contributed by atoms with E-state index in [9.17, 15) is 0 Å². The molecule has 7 heteroatoms. The van der Waals surface area contributed by atoms with Gasteiger partial charge >= 0.3 is 0 Å². The van der Waals surface area contributed by atoms with Crippen molar-refractivity contribution in [3.63, 3.8) is 0 Å². The van der Waals surface area contributed by atoms with E-state index in [4.69, 9.17) is 0 Å². The summed E-state index contributed by atoms with van der Waals surface area (Å²) >= 11 is 0. The average Bonchev–Trinajstić information content (AvgIpc) is 1.46. The zero-order valence-electron chi connectivity index (χ0n) is 73.8. The highest BCUT2D eigenvalue weighted by atomic mass is 15.2. The molecule has 15 aromatic carbocycles. The first-order chi connectivity index (χ1) is 58.3. The summed E-state index contributed by atoms with van der Waals surface area (Å²) in [5, 5.41) is 2.46. The highest BCUT2D eigenvalue weighted by Gasteiger charge is 2.55. The Labute approximate surface area is 722 Å². The van der Waals surface area contributed by atoms with Gasteiger partial charge in [-0.3, -0.25) is 0 Å². The molecule has 2 aliphatic carbocycles. The van der Waals surface area contributed by atoms with Crippen molar-refractivity contribution in [2.75, 3.05) is 19.6 Å². The van der Waals surface area contributed by atoms with E-state index in [0.717, 1.165) is 51.2 Å². The summed E-state index contributed by atoms with van der Waals surface area (Å²) in [5.41, 5.74) is 44.0. The van der Waals surface area contributed by atoms with Crippen LogP contribution >= 0.6 is 0 Å². The lowest BCUT2D eigenvalue weighted by molar-refractivity contribution is 0.568. The Bertz CT molecular complexity index is 6960. The second-order valence-corrected chi connectivity index (χ2v) is 41.7. The minimum Gasteiger partial charge on any atom is -0.311 e. The van der Waals surface area contributed by atoms with Crippen LogP contribution in [0.15, 0.2) is 309 Å². The predicted molar refractivity (Wildman–Crippen MR) is 523 cm³/mol. The maximum Gasteiger partial charge on any atom is 0.252 e. The van der Waals surface area contributed by atoms with Gasteiger partial charge in [0.15, 0.2) is 0 Å². The smallest absolute Gasteiger partial charge is 0.252 e. The van der Waals surface area contributed by atoms with E-state index in [1.807, 2.05) is 0 Å². The summed E-state index contributed by atoms with van der Waals surface area (Å²) in [4.78, 5) is 10.8. The Morgan fingerprint density at radius 1 is 0.221 bits per heavy atom. The van der Waals surface area contributed by atoms with Gasteiger partial charge in [-0.2, -0.15) is 0 Å². The molecule has 0 fully saturated rings. The molecule has 0 atom stereocenters. The molecule has 122 heavy (non-hydrogen) atoms. The summed E-state index contributed by atoms with van der Waals surface area (Å²) in [6.45, 7) is 42.3. The van der Waals surface area contributed by atoms with Crippen LogP contribution in [0.25, 0.3) is 60.9 Å². The van der Waals surface area contributed by atoms with Gasteiger partial charge in [0.2, 0.25) is 0 Å². The number of hydrogen-bond acceptors (Lipinski definition) is 4. The average molecular weight is 1580 g/mol. The third-order valence-corrected chi connectivity index (χ3v) is 28.0. The first-order valence-electron chi connectivity index (χ1n) is 44.2. The molecule has 0 N–H and O–H groups in total. The van der Waals surface area contributed by atoms with Crippen LogP contribution in [0, 0.1) is 0 Å². The molecule has 1 spiro atoms. The van der Waals surface area contributed by atoms with Crippen molar-refractivity contribution in [2.45, 2.75) is 163 Å². The summed E-state index contributed by atoms with van der Waals surface area (Å²) in [5.74, 6) is 0. The van der Waals surface area contributed by atoms with E-state index in [1.54, 1.807) is 0 Å². The van der Waals surface area contributed by atoms with Gasteiger partial charge in [0.05, 0.1) is 22.1 Å². The standard InChI is InChI=1S/C115H105B2N5/c1-109(2,3)71-36-33-38-77(60-71)118-100-69-101-95(117-93-51-28-32-55-99(93)122(80-64-75(113(13,14)15)59-76(65-80)114(16,17)18)105-67-81(120-96-52-29-22-43-86(96)87-44-23-30-53-97(87)120)66-104(108(105)117)119(101)78-39-34-37-72(61-78)110(4,5)6)68-94(100)116-92-50-27-31-54-98(92)121(79-62-73(111(7,8)9)58-74(63-79)112(10,11)12)103-57-70(56-102(118)107(103)116)82-45-35-46-88-85-42-21-26-49-91(85)115(106(82)88)89-47-24-19-40-83(89)84-41-20-25-48-90(84)115/h19-69H,1-18H3. The molecule has 16 aromatic rings. The fourth-order valence-electron chi connectivity index (χ4n) is 21.8. The molecule has 1 aromatic heterocycles. The number of rotatable bonds is 6. The van der Waals surface area contributed by atoms with Gasteiger partial charge in [0.1, 0.15) is 0 Å². The summed E-state index contributed by atoms with van der Waals surface area (Å²) in [6.07, 6.45) is 0. The van der Waals surface area contributed by atoms with Crippen molar-refractivity contribution in [2.24, 2.45) is 0 Å². The maximum atomic E-state index is 2.74. The Balaban J connectivity index is 0.897. The Hall–Kier alpha value is -12.6. The fraction of sp³-hybridized carbons (Fsp3) is 0.217. The van der Waals surface area contributed by atoms with Crippen LogP contribution in [0.2, 0.25) is 0 Å². The van der Waals surface area contributed by atoms with Gasteiger partial charge in [-0.05, 0) is 257 Å². The number of anilines is 12. The molecule has 0 saturated carbocycles. The maximum absolute atomic E-state index is 2.74. The number of para-hydroxylation sites is 4. The zero-order valence-corrected chi connectivity index (χ0v) is 73.8. The molecule has 4 aliphatic heterocycles. The topological polar surface area (TPSA) is 17.9 Å². The predicted octanol–water partition coefficient (Wildman–Crippen LogP) is 26.7. The second kappa shape index (κ2) is 26.2. The first kappa shape index (κ1) is 75.6. The molecule has 22 rings (SSSR count). The van der Waals surface area contributed by atoms with Crippen LogP contribution in [0.4, 0.5) is 68.2 Å². The number of hydrogen-bond donors (Lipinski definition) is 0. The van der Waals surface area contributed by atoms with E-state index in [-0.39, 0.29) is 45.9 Å². The van der Waals surface area contributed by atoms with Gasteiger partial charge in [-0.1, -0.05) is 331 Å². The molecular weight excluding hydrogens is 1470 g/mol. The third-order valence-electron chi connectivity index (χ3n) is 28.0. The van der Waals surface area contributed by atoms with Crippen molar-refractivity contribution in [1.82, 2.24) is 4.57 Å². The fourth-order valence-corrected chi connectivity index (χ4v) is 21.8. The molecule has 0 amide bonds.